The molecule has 0 saturated carbocycles. The number of benzene rings is 2. The number of carbonyl (C=O) groups is 1. The molecule has 0 aliphatic heterocycles. The van der Waals surface area contributed by atoms with Crippen molar-refractivity contribution in [2.45, 2.75) is 26.2 Å². The Morgan fingerprint density at radius 2 is 1.90 bits per heavy atom. The van der Waals surface area contributed by atoms with E-state index in [0.717, 1.165) is 23.4 Å². The van der Waals surface area contributed by atoms with Crippen LogP contribution in [0, 0.1) is 6.92 Å². The average molecular weight is 280 g/mol. The lowest BCUT2D eigenvalue weighted by Gasteiger charge is -2.09. The van der Waals surface area contributed by atoms with Crippen molar-refractivity contribution in [1.29, 1.82) is 0 Å². The van der Waals surface area contributed by atoms with Crippen LogP contribution in [0.25, 0.3) is 0 Å². The Labute approximate surface area is 125 Å². The Hall–Kier alpha value is -2.29. The van der Waals surface area contributed by atoms with Crippen molar-refractivity contribution in [3.8, 4) is 0 Å². The Morgan fingerprint density at radius 3 is 2.76 bits per heavy atom. The molecule has 0 saturated heterocycles. The minimum absolute atomic E-state index is 0.0268. The van der Waals surface area contributed by atoms with Crippen LogP contribution in [0.4, 0.5) is 11.4 Å². The summed E-state index contributed by atoms with van der Waals surface area (Å²) >= 11 is 0. The maximum Gasteiger partial charge on any atom is 0.243 e. The van der Waals surface area contributed by atoms with Gasteiger partial charge in [-0.05, 0) is 67.1 Å². The van der Waals surface area contributed by atoms with E-state index < -0.39 is 0 Å². The van der Waals surface area contributed by atoms with Gasteiger partial charge in [-0.15, -0.1) is 0 Å². The standard InChI is InChI=1S/C18H20N2O/c1-13-4-2-7-17(10-13)20-18(21)12-19-16-9-8-14-5-3-6-15(14)11-16/h2,4,7-11,19H,3,5-6,12H2,1H3,(H,20,21). The van der Waals surface area contributed by atoms with Gasteiger partial charge in [-0.1, -0.05) is 18.2 Å². The monoisotopic (exact) mass is 280 g/mol. The molecule has 0 radical (unpaired) electrons. The fraction of sp³-hybridized carbons (Fsp3) is 0.278. The lowest BCUT2D eigenvalue weighted by molar-refractivity contribution is -0.114. The van der Waals surface area contributed by atoms with Gasteiger partial charge in [0.1, 0.15) is 0 Å². The predicted octanol–water partition coefficient (Wildman–Crippen LogP) is 3.53. The van der Waals surface area contributed by atoms with E-state index in [4.69, 9.17) is 0 Å². The molecule has 3 rings (SSSR count). The molecular weight excluding hydrogens is 260 g/mol. The molecular formula is C18H20N2O. The first-order chi connectivity index (χ1) is 10.2. The number of hydrogen-bond acceptors (Lipinski definition) is 2. The highest BCUT2D eigenvalue weighted by atomic mass is 16.1. The van der Waals surface area contributed by atoms with Gasteiger partial charge in [0, 0.05) is 11.4 Å². The first-order valence-corrected chi connectivity index (χ1v) is 7.43. The number of nitrogens with one attached hydrogen (secondary N) is 2. The van der Waals surface area contributed by atoms with Crippen molar-refractivity contribution < 1.29 is 4.79 Å². The highest BCUT2D eigenvalue weighted by molar-refractivity contribution is 5.93. The van der Waals surface area contributed by atoms with Crippen LogP contribution < -0.4 is 10.6 Å². The summed E-state index contributed by atoms with van der Waals surface area (Å²) in [6.45, 7) is 2.30. The fourth-order valence-corrected chi connectivity index (χ4v) is 2.79. The molecule has 0 spiro atoms. The van der Waals surface area contributed by atoms with Crippen LogP contribution in [-0.2, 0) is 17.6 Å². The van der Waals surface area contributed by atoms with Crippen LogP contribution >= 0.6 is 0 Å². The third-order valence-electron chi connectivity index (χ3n) is 3.85. The van der Waals surface area contributed by atoms with E-state index in [2.05, 4.69) is 28.8 Å². The summed E-state index contributed by atoms with van der Waals surface area (Å²) in [5.74, 6) is -0.0268. The van der Waals surface area contributed by atoms with Gasteiger partial charge in [0.25, 0.3) is 0 Å². The van der Waals surface area contributed by atoms with Crippen LogP contribution in [0.1, 0.15) is 23.1 Å². The SMILES string of the molecule is Cc1cccc(NC(=O)CNc2ccc3c(c2)CCC3)c1. The first-order valence-electron chi connectivity index (χ1n) is 7.43. The third-order valence-corrected chi connectivity index (χ3v) is 3.85. The smallest absolute Gasteiger partial charge is 0.243 e. The summed E-state index contributed by atoms with van der Waals surface area (Å²) < 4.78 is 0. The van der Waals surface area contributed by atoms with Crippen molar-refractivity contribution in [3.05, 3.63) is 59.2 Å². The van der Waals surface area contributed by atoms with Crippen molar-refractivity contribution in [2.24, 2.45) is 0 Å². The van der Waals surface area contributed by atoms with E-state index in [9.17, 15) is 4.79 Å². The molecule has 0 aromatic heterocycles. The summed E-state index contributed by atoms with van der Waals surface area (Å²) in [7, 11) is 0. The van der Waals surface area contributed by atoms with Gasteiger partial charge in [-0.2, -0.15) is 0 Å². The molecule has 0 atom stereocenters. The normalized spacial score (nSPS) is 12.8. The summed E-state index contributed by atoms with van der Waals surface area (Å²) in [5.41, 5.74) is 5.87. The van der Waals surface area contributed by atoms with E-state index in [0.29, 0.717) is 0 Å². The second-order valence-electron chi connectivity index (χ2n) is 5.61. The molecule has 1 amide bonds. The van der Waals surface area contributed by atoms with Crippen LogP contribution in [0.15, 0.2) is 42.5 Å². The molecule has 21 heavy (non-hydrogen) atoms. The zero-order valence-electron chi connectivity index (χ0n) is 12.3. The predicted molar refractivity (Wildman–Crippen MR) is 86.8 cm³/mol. The molecule has 0 unspecified atom stereocenters. The molecule has 108 valence electrons. The van der Waals surface area contributed by atoms with E-state index in [1.807, 2.05) is 31.2 Å². The number of hydrogen-bond donors (Lipinski definition) is 2. The minimum atomic E-state index is -0.0268. The zero-order chi connectivity index (χ0) is 14.7. The number of carbonyl (C=O) groups excluding carboxylic acids is 1. The lowest BCUT2D eigenvalue weighted by atomic mass is 10.1. The molecule has 1 aliphatic rings. The molecule has 1 aliphatic carbocycles. The summed E-state index contributed by atoms with van der Waals surface area (Å²) in [6, 6.07) is 14.2. The zero-order valence-corrected chi connectivity index (χ0v) is 12.3. The van der Waals surface area contributed by atoms with E-state index >= 15 is 0 Å². The van der Waals surface area contributed by atoms with E-state index in [1.54, 1.807) is 0 Å². The summed E-state index contributed by atoms with van der Waals surface area (Å²) in [5, 5.41) is 6.10. The maximum absolute atomic E-state index is 12.0. The third kappa shape index (κ3) is 3.43. The molecule has 0 heterocycles. The van der Waals surface area contributed by atoms with Gasteiger partial charge >= 0.3 is 0 Å². The van der Waals surface area contributed by atoms with Crippen LogP contribution in [-0.4, -0.2) is 12.5 Å². The van der Waals surface area contributed by atoms with Crippen molar-refractivity contribution in [3.63, 3.8) is 0 Å². The molecule has 2 N–H and O–H groups in total. The van der Waals surface area contributed by atoms with Gasteiger partial charge < -0.3 is 10.6 Å². The topological polar surface area (TPSA) is 41.1 Å². The van der Waals surface area contributed by atoms with Gasteiger partial charge in [-0.25, -0.2) is 0 Å². The fourth-order valence-electron chi connectivity index (χ4n) is 2.79. The second-order valence-corrected chi connectivity index (χ2v) is 5.61. The Balaban J connectivity index is 1.56. The maximum atomic E-state index is 12.0. The molecule has 2 aromatic rings. The number of rotatable bonds is 4. The van der Waals surface area contributed by atoms with Gasteiger partial charge in [-0.3, -0.25) is 4.79 Å². The molecule has 3 heteroatoms. The Morgan fingerprint density at radius 1 is 1.05 bits per heavy atom. The minimum Gasteiger partial charge on any atom is -0.376 e. The van der Waals surface area contributed by atoms with E-state index in [-0.39, 0.29) is 12.5 Å². The summed E-state index contributed by atoms with van der Waals surface area (Å²) in [6.07, 6.45) is 3.58. The first kappa shape index (κ1) is 13.7. The number of fused-ring (bicyclic) bond motifs is 1. The van der Waals surface area contributed by atoms with Gasteiger partial charge in [0.15, 0.2) is 0 Å². The number of amides is 1. The van der Waals surface area contributed by atoms with Crippen LogP contribution in [0.3, 0.4) is 0 Å². The number of anilines is 2. The van der Waals surface area contributed by atoms with Gasteiger partial charge in [0.2, 0.25) is 5.91 Å². The van der Waals surface area contributed by atoms with Crippen molar-refractivity contribution >= 4 is 17.3 Å². The van der Waals surface area contributed by atoms with Crippen molar-refractivity contribution in [1.82, 2.24) is 0 Å². The highest BCUT2D eigenvalue weighted by Crippen LogP contribution is 2.24. The molecule has 0 bridgehead atoms. The second kappa shape index (κ2) is 6.00. The Bertz CT molecular complexity index is 664. The number of aryl methyl sites for hydroxylation is 3. The molecule has 0 fully saturated rings. The van der Waals surface area contributed by atoms with Crippen LogP contribution in [0.2, 0.25) is 0 Å². The molecule has 2 aromatic carbocycles. The highest BCUT2D eigenvalue weighted by Gasteiger charge is 2.11. The van der Waals surface area contributed by atoms with Crippen LogP contribution in [0.5, 0.6) is 0 Å². The lowest BCUT2D eigenvalue weighted by Crippen LogP contribution is -2.21. The largest absolute Gasteiger partial charge is 0.376 e. The summed E-state index contributed by atoms with van der Waals surface area (Å²) in [4.78, 5) is 12.0. The van der Waals surface area contributed by atoms with Gasteiger partial charge in [0.05, 0.1) is 6.54 Å². The quantitative estimate of drug-likeness (QED) is 0.899. The molecule has 3 nitrogen and oxygen atoms in total. The van der Waals surface area contributed by atoms with E-state index in [1.165, 1.54) is 24.0 Å². The van der Waals surface area contributed by atoms with Crippen molar-refractivity contribution in [2.75, 3.05) is 17.2 Å². The average Bonchev–Trinajstić information content (AvgIpc) is 2.92. The Kier molecular flexibility index (Phi) is 3.91.